The number of nitrogens with one attached hydrogen (secondary N) is 1. The SMILES string of the molecule is CC(C)(C)S(=O)N[C@H](Cc1cc(F)c(F)cc1F)C1C[C@H]2CC[C@@H](C1)N2C(=O)CC(=O)O. The average Bonchev–Trinajstić information content (AvgIpc) is 2.94. The molecule has 6 nitrogen and oxygen atoms in total. The van der Waals surface area contributed by atoms with Gasteiger partial charge in [-0.1, -0.05) is 0 Å². The summed E-state index contributed by atoms with van der Waals surface area (Å²) in [6.45, 7) is 5.38. The first kappa shape index (κ1) is 24.7. The van der Waals surface area contributed by atoms with Gasteiger partial charge in [0.05, 0.1) is 15.7 Å². The number of hydrogen-bond donors (Lipinski definition) is 2. The Balaban J connectivity index is 1.83. The van der Waals surface area contributed by atoms with Crippen molar-refractivity contribution < 1.29 is 32.1 Å². The molecule has 2 aliphatic heterocycles. The van der Waals surface area contributed by atoms with E-state index in [1.807, 2.05) is 0 Å². The third kappa shape index (κ3) is 5.51. The van der Waals surface area contributed by atoms with Gasteiger partial charge in [-0.25, -0.2) is 22.1 Å². The summed E-state index contributed by atoms with van der Waals surface area (Å²) >= 11 is 0. The number of rotatable bonds is 7. The molecule has 1 amide bonds. The molecule has 2 heterocycles. The first-order valence-electron chi connectivity index (χ1n) is 10.7. The van der Waals surface area contributed by atoms with Gasteiger partial charge < -0.3 is 10.0 Å². The fourth-order valence-electron chi connectivity index (χ4n) is 4.75. The fourth-order valence-corrected chi connectivity index (χ4v) is 5.66. The first-order chi connectivity index (χ1) is 14.9. The van der Waals surface area contributed by atoms with E-state index in [4.69, 9.17) is 5.11 Å². The van der Waals surface area contributed by atoms with E-state index in [-0.39, 0.29) is 30.0 Å². The lowest BCUT2D eigenvalue weighted by molar-refractivity contribution is -0.146. The van der Waals surface area contributed by atoms with Gasteiger partial charge in [0.25, 0.3) is 0 Å². The van der Waals surface area contributed by atoms with E-state index in [1.54, 1.807) is 25.7 Å². The molecule has 0 spiro atoms. The van der Waals surface area contributed by atoms with Crippen LogP contribution in [0.4, 0.5) is 13.2 Å². The van der Waals surface area contributed by atoms with Crippen LogP contribution in [-0.4, -0.2) is 49.0 Å². The number of amides is 1. The molecule has 0 saturated carbocycles. The molecule has 5 atom stereocenters. The highest BCUT2D eigenvalue weighted by Crippen LogP contribution is 2.41. The van der Waals surface area contributed by atoms with Crippen molar-refractivity contribution in [1.29, 1.82) is 0 Å². The molecule has 3 rings (SSSR count). The Kier molecular flexibility index (Phi) is 7.34. The molecule has 10 heteroatoms. The third-order valence-electron chi connectivity index (χ3n) is 6.27. The van der Waals surface area contributed by atoms with Crippen LogP contribution >= 0.6 is 0 Å². The lowest BCUT2D eigenvalue weighted by atomic mass is 9.82. The van der Waals surface area contributed by atoms with Crippen LogP contribution < -0.4 is 4.72 Å². The van der Waals surface area contributed by atoms with E-state index >= 15 is 0 Å². The summed E-state index contributed by atoms with van der Waals surface area (Å²) in [5.41, 5.74) is -0.0101. The van der Waals surface area contributed by atoms with E-state index in [0.717, 1.165) is 18.9 Å². The van der Waals surface area contributed by atoms with Crippen LogP contribution in [0.2, 0.25) is 0 Å². The van der Waals surface area contributed by atoms with Gasteiger partial charge in [0.15, 0.2) is 11.6 Å². The highest BCUT2D eigenvalue weighted by Gasteiger charge is 2.45. The van der Waals surface area contributed by atoms with E-state index in [9.17, 15) is 27.0 Å². The minimum absolute atomic E-state index is 0.0101. The molecule has 2 bridgehead atoms. The van der Waals surface area contributed by atoms with Gasteiger partial charge in [-0.05, 0) is 70.4 Å². The van der Waals surface area contributed by atoms with Gasteiger partial charge in [0, 0.05) is 24.2 Å². The van der Waals surface area contributed by atoms with Crippen LogP contribution in [0, 0.1) is 23.4 Å². The van der Waals surface area contributed by atoms with E-state index in [2.05, 4.69) is 4.72 Å². The summed E-state index contributed by atoms with van der Waals surface area (Å²) in [7, 11) is -1.49. The average molecular weight is 475 g/mol. The zero-order valence-electron chi connectivity index (χ0n) is 18.4. The summed E-state index contributed by atoms with van der Waals surface area (Å²) in [4.78, 5) is 25.0. The van der Waals surface area contributed by atoms with Gasteiger partial charge in [-0.15, -0.1) is 0 Å². The number of halogens is 3. The molecule has 1 aromatic rings. The van der Waals surface area contributed by atoms with E-state index in [0.29, 0.717) is 18.9 Å². The van der Waals surface area contributed by atoms with Crippen molar-refractivity contribution in [3.8, 4) is 0 Å². The molecule has 32 heavy (non-hydrogen) atoms. The van der Waals surface area contributed by atoms with Crippen molar-refractivity contribution >= 4 is 22.9 Å². The van der Waals surface area contributed by atoms with Crippen molar-refractivity contribution in [1.82, 2.24) is 9.62 Å². The molecule has 2 unspecified atom stereocenters. The Bertz CT molecular complexity index is 907. The monoisotopic (exact) mass is 474 g/mol. The van der Waals surface area contributed by atoms with Crippen LogP contribution in [0.25, 0.3) is 0 Å². The van der Waals surface area contributed by atoms with Gasteiger partial charge in [0.1, 0.15) is 12.2 Å². The molecule has 0 aromatic heterocycles. The minimum Gasteiger partial charge on any atom is -0.481 e. The van der Waals surface area contributed by atoms with Crippen LogP contribution in [0.5, 0.6) is 0 Å². The van der Waals surface area contributed by atoms with Crippen molar-refractivity contribution in [3.05, 3.63) is 35.1 Å². The topological polar surface area (TPSA) is 86.7 Å². The Labute approximate surface area is 188 Å². The summed E-state index contributed by atoms with van der Waals surface area (Å²) < 4.78 is 56.8. The molecule has 0 radical (unpaired) electrons. The van der Waals surface area contributed by atoms with Crippen molar-refractivity contribution in [2.24, 2.45) is 5.92 Å². The Morgan fingerprint density at radius 1 is 1.12 bits per heavy atom. The number of carbonyl (C=O) groups is 2. The second-order valence-electron chi connectivity index (χ2n) is 9.66. The van der Waals surface area contributed by atoms with Gasteiger partial charge in [-0.2, -0.15) is 0 Å². The summed E-state index contributed by atoms with van der Waals surface area (Å²) in [6.07, 6.45) is 1.99. The molecule has 1 aromatic carbocycles. The number of aliphatic carboxylic acids is 1. The lowest BCUT2D eigenvalue weighted by Gasteiger charge is -2.42. The maximum Gasteiger partial charge on any atom is 0.312 e. The normalized spacial score (nSPS) is 24.9. The summed E-state index contributed by atoms with van der Waals surface area (Å²) in [5, 5.41) is 8.97. The Morgan fingerprint density at radius 3 is 2.22 bits per heavy atom. The number of carboxylic acids is 1. The van der Waals surface area contributed by atoms with Gasteiger partial charge >= 0.3 is 5.97 Å². The van der Waals surface area contributed by atoms with Crippen LogP contribution in [0.1, 0.15) is 58.4 Å². The highest BCUT2D eigenvalue weighted by atomic mass is 32.2. The van der Waals surface area contributed by atoms with Crippen molar-refractivity contribution in [2.45, 2.75) is 82.2 Å². The van der Waals surface area contributed by atoms with Crippen molar-refractivity contribution in [2.75, 3.05) is 0 Å². The largest absolute Gasteiger partial charge is 0.481 e. The quantitative estimate of drug-likeness (QED) is 0.469. The number of hydrogen-bond acceptors (Lipinski definition) is 3. The fraction of sp³-hybridized carbons (Fsp3) is 0.636. The Hall–Kier alpha value is -1.94. The van der Waals surface area contributed by atoms with E-state index in [1.165, 1.54) is 0 Å². The first-order valence-corrected chi connectivity index (χ1v) is 11.9. The third-order valence-corrected chi connectivity index (χ3v) is 7.90. The van der Waals surface area contributed by atoms with Gasteiger partial charge in [-0.3, -0.25) is 9.59 Å². The number of carbonyl (C=O) groups excluding carboxylic acids is 1. The molecule has 0 aliphatic carbocycles. The molecular formula is C22H29F3N2O4S. The standard InChI is InChI=1S/C22H29F3N2O4S/c1-22(2,3)32(31)26-19(9-12-8-17(24)18(25)10-16(12)23)13-6-14-4-5-15(7-13)27(14)20(28)11-21(29)30/h8,10,13-15,19,26H,4-7,9,11H2,1-3H3,(H,29,30)/t13?,14-,15+,19-,32?/m1/s1. The predicted octanol–water partition coefficient (Wildman–Crippen LogP) is 3.31. The van der Waals surface area contributed by atoms with Gasteiger partial charge in [0.2, 0.25) is 5.91 Å². The second kappa shape index (κ2) is 9.51. The van der Waals surface area contributed by atoms with E-state index < -0.39 is 57.5 Å². The minimum atomic E-state index is -1.49. The number of nitrogens with zero attached hydrogens (tertiary/aromatic N) is 1. The molecule has 2 fully saturated rings. The van der Waals surface area contributed by atoms with Crippen molar-refractivity contribution in [3.63, 3.8) is 0 Å². The predicted molar refractivity (Wildman–Crippen MR) is 113 cm³/mol. The number of piperidine rings is 1. The second-order valence-corrected chi connectivity index (χ2v) is 11.7. The zero-order chi connectivity index (χ0) is 23.8. The summed E-state index contributed by atoms with van der Waals surface area (Å²) in [6, 6.07) is 0.563. The molecule has 2 saturated heterocycles. The summed E-state index contributed by atoms with van der Waals surface area (Å²) in [5.74, 6) is -4.97. The Morgan fingerprint density at radius 2 is 1.69 bits per heavy atom. The number of carboxylic acid groups (broad SMARTS) is 1. The number of benzene rings is 1. The maximum atomic E-state index is 14.4. The zero-order valence-corrected chi connectivity index (χ0v) is 19.2. The molecular weight excluding hydrogens is 445 g/mol. The molecule has 178 valence electrons. The van der Waals surface area contributed by atoms with Crippen LogP contribution in [0.3, 0.4) is 0 Å². The smallest absolute Gasteiger partial charge is 0.312 e. The lowest BCUT2D eigenvalue weighted by Crippen LogP contribution is -2.53. The molecule has 2 N–H and O–H groups in total. The molecule has 2 aliphatic rings. The maximum absolute atomic E-state index is 14.4. The highest BCUT2D eigenvalue weighted by molar-refractivity contribution is 7.84. The number of fused-ring (bicyclic) bond motifs is 2. The van der Waals surface area contributed by atoms with Crippen LogP contribution in [-0.2, 0) is 27.0 Å². The van der Waals surface area contributed by atoms with Crippen LogP contribution in [0.15, 0.2) is 12.1 Å².